The van der Waals surface area contributed by atoms with Crippen LogP contribution in [0, 0.1) is 0 Å². The van der Waals surface area contributed by atoms with Crippen molar-refractivity contribution >= 4 is 17.6 Å². The van der Waals surface area contributed by atoms with E-state index in [-0.39, 0.29) is 30.7 Å². The molecule has 33 heavy (non-hydrogen) atoms. The number of alkyl halides is 6. The smallest absolute Gasteiger partial charge is 0.416 e. The molecular formula is C20H22F6N4O3. The van der Waals surface area contributed by atoms with Crippen LogP contribution in [-0.2, 0) is 18.9 Å². The molecule has 0 aliphatic carbocycles. The van der Waals surface area contributed by atoms with Gasteiger partial charge in [0.2, 0.25) is 5.89 Å². The zero-order valence-corrected chi connectivity index (χ0v) is 17.7. The lowest BCUT2D eigenvalue weighted by molar-refractivity contribution is -0.143. The Hall–Kier alpha value is -3.25. The van der Waals surface area contributed by atoms with Crippen molar-refractivity contribution in [3.63, 3.8) is 0 Å². The van der Waals surface area contributed by atoms with Crippen LogP contribution in [0.2, 0.25) is 0 Å². The fourth-order valence-electron chi connectivity index (χ4n) is 2.73. The van der Waals surface area contributed by atoms with Crippen LogP contribution in [0.25, 0.3) is 0 Å². The molecule has 182 valence electrons. The van der Waals surface area contributed by atoms with Gasteiger partial charge >= 0.3 is 18.4 Å². The molecule has 7 nitrogen and oxygen atoms in total. The second-order valence-corrected chi connectivity index (χ2v) is 7.03. The maximum absolute atomic E-state index is 13.0. The fourth-order valence-corrected chi connectivity index (χ4v) is 2.73. The van der Waals surface area contributed by atoms with E-state index in [1.54, 1.807) is 6.92 Å². The number of hydrogen-bond acceptors (Lipinski definition) is 4. The van der Waals surface area contributed by atoms with Gasteiger partial charge in [0.15, 0.2) is 5.69 Å². The highest BCUT2D eigenvalue weighted by molar-refractivity contribution is 5.92. The van der Waals surface area contributed by atoms with Crippen molar-refractivity contribution in [2.75, 3.05) is 18.4 Å². The molecule has 3 amide bonds. The van der Waals surface area contributed by atoms with Crippen LogP contribution in [0.4, 0.5) is 36.8 Å². The van der Waals surface area contributed by atoms with Crippen molar-refractivity contribution < 1.29 is 40.3 Å². The van der Waals surface area contributed by atoms with E-state index in [9.17, 15) is 35.9 Å². The third-order valence-electron chi connectivity index (χ3n) is 4.27. The highest BCUT2D eigenvalue weighted by Crippen LogP contribution is 2.37. The average Bonchev–Trinajstić information content (AvgIpc) is 3.19. The summed E-state index contributed by atoms with van der Waals surface area (Å²) in [4.78, 5) is 29.6. The molecule has 0 aliphatic heterocycles. The SMILES string of the molecule is CCCNC(=O)c1coc(CN(CCC)C(=O)Nc2cc(C(F)(F)F)cc(C(F)(F)F)c2)n1. The van der Waals surface area contributed by atoms with Gasteiger partial charge in [-0.15, -0.1) is 0 Å². The number of carbonyl (C=O) groups is 2. The van der Waals surface area contributed by atoms with Crippen LogP contribution in [0.15, 0.2) is 28.9 Å². The Balaban J connectivity index is 2.22. The second kappa shape index (κ2) is 10.6. The van der Waals surface area contributed by atoms with Crippen LogP contribution in [0.1, 0.15) is 54.2 Å². The number of hydrogen-bond donors (Lipinski definition) is 2. The quantitative estimate of drug-likeness (QED) is 0.503. The molecule has 2 N–H and O–H groups in total. The minimum atomic E-state index is -5.04. The van der Waals surface area contributed by atoms with Gasteiger partial charge in [-0.3, -0.25) is 4.79 Å². The minimum absolute atomic E-state index is 0.0250. The summed E-state index contributed by atoms with van der Waals surface area (Å²) < 4.78 is 83.4. The molecule has 0 aliphatic rings. The zero-order valence-electron chi connectivity index (χ0n) is 17.7. The summed E-state index contributed by atoms with van der Waals surface area (Å²) in [7, 11) is 0. The highest BCUT2D eigenvalue weighted by Gasteiger charge is 2.37. The van der Waals surface area contributed by atoms with Crippen molar-refractivity contribution in [3.8, 4) is 0 Å². The number of amides is 3. The molecule has 0 radical (unpaired) electrons. The number of halogens is 6. The molecule has 0 saturated heterocycles. The number of urea groups is 1. The van der Waals surface area contributed by atoms with Crippen molar-refractivity contribution in [1.82, 2.24) is 15.2 Å². The van der Waals surface area contributed by atoms with E-state index in [1.165, 1.54) is 0 Å². The van der Waals surface area contributed by atoms with Crippen LogP contribution >= 0.6 is 0 Å². The lowest BCUT2D eigenvalue weighted by atomic mass is 10.1. The zero-order chi connectivity index (χ0) is 24.8. The Labute approximate surface area is 185 Å². The van der Waals surface area contributed by atoms with Gasteiger partial charge in [0.25, 0.3) is 5.91 Å². The van der Waals surface area contributed by atoms with Crippen LogP contribution in [0.5, 0.6) is 0 Å². The number of anilines is 1. The van der Waals surface area contributed by atoms with E-state index in [0.29, 0.717) is 31.5 Å². The summed E-state index contributed by atoms with van der Waals surface area (Å²) in [5, 5.41) is 4.66. The molecule has 2 aromatic rings. The van der Waals surface area contributed by atoms with Gasteiger partial charge in [-0.25, -0.2) is 9.78 Å². The number of carbonyl (C=O) groups excluding carboxylic acids is 2. The Morgan fingerprint density at radius 3 is 2.12 bits per heavy atom. The first-order valence-electron chi connectivity index (χ1n) is 9.93. The van der Waals surface area contributed by atoms with Crippen LogP contribution in [0.3, 0.4) is 0 Å². The molecule has 0 fully saturated rings. The van der Waals surface area contributed by atoms with E-state index >= 15 is 0 Å². The number of nitrogens with zero attached hydrogens (tertiary/aromatic N) is 2. The van der Waals surface area contributed by atoms with E-state index in [4.69, 9.17) is 4.42 Å². The standard InChI is InChI=1S/C20H22F6N4O3/c1-3-5-27-17(31)15-11-33-16(29-15)10-30(6-4-2)18(32)28-14-8-12(19(21,22)23)7-13(9-14)20(24,25)26/h7-9,11H,3-6,10H2,1-2H3,(H,27,31)(H,28,32). The monoisotopic (exact) mass is 480 g/mol. The molecule has 0 unspecified atom stereocenters. The Morgan fingerprint density at radius 2 is 1.61 bits per heavy atom. The minimum Gasteiger partial charge on any atom is -0.446 e. The van der Waals surface area contributed by atoms with E-state index < -0.39 is 41.1 Å². The molecular weight excluding hydrogens is 458 g/mol. The van der Waals surface area contributed by atoms with Gasteiger partial charge in [0.1, 0.15) is 6.26 Å². The lowest BCUT2D eigenvalue weighted by Crippen LogP contribution is -2.35. The van der Waals surface area contributed by atoms with Crippen molar-refractivity contribution in [3.05, 3.63) is 47.2 Å². The van der Waals surface area contributed by atoms with Gasteiger partial charge in [0, 0.05) is 18.8 Å². The van der Waals surface area contributed by atoms with Gasteiger partial charge in [0.05, 0.1) is 17.7 Å². The number of rotatable bonds is 8. The maximum atomic E-state index is 13.0. The molecule has 1 aromatic heterocycles. The molecule has 13 heteroatoms. The first-order valence-corrected chi connectivity index (χ1v) is 9.93. The summed E-state index contributed by atoms with van der Waals surface area (Å²) in [6.45, 7) is 3.83. The lowest BCUT2D eigenvalue weighted by Gasteiger charge is -2.22. The number of nitrogens with one attached hydrogen (secondary N) is 2. The maximum Gasteiger partial charge on any atom is 0.416 e. The molecule has 1 aromatic carbocycles. The number of benzene rings is 1. The molecule has 0 atom stereocenters. The summed E-state index contributed by atoms with van der Waals surface area (Å²) in [6, 6.07) is -0.159. The Kier molecular flexibility index (Phi) is 8.34. The van der Waals surface area contributed by atoms with E-state index in [2.05, 4.69) is 15.6 Å². The fraction of sp³-hybridized carbons (Fsp3) is 0.450. The predicted molar refractivity (Wildman–Crippen MR) is 105 cm³/mol. The van der Waals surface area contributed by atoms with Crippen LogP contribution in [-0.4, -0.2) is 34.9 Å². The van der Waals surface area contributed by atoms with Crippen LogP contribution < -0.4 is 10.6 Å². The average molecular weight is 480 g/mol. The van der Waals surface area contributed by atoms with Gasteiger partial charge in [-0.2, -0.15) is 26.3 Å². The van der Waals surface area contributed by atoms with Crippen molar-refractivity contribution in [2.45, 2.75) is 45.6 Å². The van der Waals surface area contributed by atoms with E-state index in [0.717, 1.165) is 11.2 Å². The summed E-state index contributed by atoms with van der Waals surface area (Å²) in [5.41, 5.74) is -3.80. The normalized spacial score (nSPS) is 11.9. The summed E-state index contributed by atoms with van der Waals surface area (Å²) in [6.07, 6.45) is -7.88. The van der Waals surface area contributed by atoms with Gasteiger partial charge in [-0.05, 0) is 31.0 Å². The second-order valence-electron chi connectivity index (χ2n) is 7.03. The summed E-state index contributed by atoms with van der Waals surface area (Å²) >= 11 is 0. The third-order valence-corrected chi connectivity index (χ3v) is 4.27. The highest BCUT2D eigenvalue weighted by atomic mass is 19.4. The first kappa shape index (κ1) is 26.0. The van der Waals surface area contributed by atoms with Crippen molar-refractivity contribution in [2.24, 2.45) is 0 Å². The predicted octanol–water partition coefficient (Wildman–Crippen LogP) is 5.30. The number of oxazole rings is 1. The number of aromatic nitrogens is 1. The molecule has 0 saturated carbocycles. The molecule has 0 bridgehead atoms. The topological polar surface area (TPSA) is 87.5 Å². The Bertz CT molecular complexity index is 939. The first-order chi connectivity index (χ1) is 15.3. The largest absolute Gasteiger partial charge is 0.446 e. The van der Waals surface area contributed by atoms with Gasteiger partial charge in [-0.1, -0.05) is 13.8 Å². The molecule has 0 spiro atoms. The Morgan fingerprint density at radius 1 is 1.00 bits per heavy atom. The van der Waals surface area contributed by atoms with Gasteiger partial charge < -0.3 is 20.0 Å². The summed E-state index contributed by atoms with van der Waals surface area (Å²) in [5.74, 6) is -0.512. The van der Waals surface area contributed by atoms with E-state index in [1.807, 2.05) is 6.92 Å². The molecule has 1 heterocycles. The van der Waals surface area contributed by atoms with Crippen molar-refractivity contribution in [1.29, 1.82) is 0 Å². The molecule has 2 rings (SSSR count). The third kappa shape index (κ3) is 7.39.